The Balaban J connectivity index is 2.48. The summed E-state index contributed by atoms with van der Waals surface area (Å²) in [5, 5.41) is 10.4. The molecule has 1 atom stereocenters. The van der Waals surface area contributed by atoms with Crippen LogP contribution in [0.3, 0.4) is 0 Å². The van der Waals surface area contributed by atoms with Gasteiger partial charge in [-0.3, -0.25) is 14.9 Å². The minimum atomic E-state index is -0.429. The van der Waals surface area contributed by atoms with Gasteiger partial charge in [0.2, 0.25) is 0 Å². The monoisotopic (exact) mass is 203 g/mol. The van der Waals surface area contributed by atoms with Crippen molar-refractivity contribution in [3.8, 4) is 0 Å². The number of carbonyl (C=O) groups is 1. The van der Waals surface area contributed by atoms with E-state index in [1.54, 1.807) is 0 Å². The van der Waals surface area contributed by atoms with E-state index in [1.165, 1.54) is 24.9 Å². The first-order valence-electron chi connectivity index (χ1n) is 3.69. The first-order valence-corrected chi connectivity index (χ1v) is 4.68. The van der Waals surface area contributed by atoms with Crippen LogP contribution in [-0.2, 0) is 9.53 Å². The number of nitro groups is 1. The summed E-state index contributed by atoms with van der Waals surface area (Å²) in [6, 6.07) is 0. The maximum absolute atomic E-state index is 10.8. The number of nitrogens with zero attached hydrogens (tertiary/aromatic N) is 1. The summed E-state index contributed by atoms with van der Waals surface area (Å²) in [5.74, 6) is 0.204. The molecule has 0 saturated heterocycles. The molecular weight excluding hydrogens is 194 g/mol. The average molecular weight is 203 g/mol. The molecule has 13 heavy (non-hydrogen) atoms. The van der Waals surface area contributed by atoms with Crippen LogP contribution in [-0.4, -0.2) is 23.8 Å². The van der Waals surface area contributed by atoms with Crippen LogP contribution >= 0.6 is 11.8 Å². The Labute approximate surface area is 79.3 Å². The van der Waals surface area contributed by atoms with Crippen molar-refractivity contribution in [1.29, 1.82) is 0 Å². The number of ether oxygens (including phenoxy) is 1. The second-order valence-electron chi connectivity index (χ2n) is 2.61. The third-order valence-corrected chi connectivity index (χ3v) is 2.84. The highest BCUT2D eigenvalue weighted by Crippen LogP contribution is 2.31. The number of allylic oxidation sites excluding steroid dienone is 1. The van der Waals surface area contributed by atoms with Crippen LogP contribution in [0.1, 0.15) is 6.42 Å². The Morgan fingerprint density at radius 2 is 2.62 bits per heavy atom. The highest BCUT2D eigenvalue weighted by Gasteiger charge is 2.26. The molecule has 0 aliphatic carbocycles. The lowest BCUT2D eigenvalue weighted by molar-refractivity contribution is -0.410. The van der Waals surface area contributed by atoms with Crippen molar-refractivity contribution in [2.24, 2.45) is 5.92 Å². The van der Waals surface area contributed by atoms with Gasteiger partial charge in [0.25, 0.3) is 5.03 Å². The number of thioether (sulfide) groups is 1. The Kier molecular flexibility index (Phi) is 3.30. The molecule has 6 heteroatoms. The molecular formula is C7H9NO4S. The summed E-state index contributed by atoms with van der Waals surface area (Å²) in [6.45, 7) is 0. The molecule has 0 aromatic heterocycles. The maximum atomic E-state index is 10.8. The Morgan fingerprint density at radius 1 is 1.92 bits per heavy atom. The minimum absolute atomic E-state index is 0.0575. The van der Waals surface area contributed by atoms with Crippen LogP contribution in [0, 0.1) is 16.0 Å². The van der Waals surface area contributed by atoms with Crippen LogP contribution < -0.4 is 0 Å². The van der Waals surface area contributed by atoms with E-state index in [2.05, 4.69) is 4.74 Å². The molecule has 0 spiro atoms. The van der Waals surface area contributed by atoms with Crippen LogP contribution in [0.2, 0.25) is 0 Å². The topological polar surface area (TPSA) is 69.4 Å². The highest BCUT2D eigenvalue weighted by molar-refractivity contribution is 8.03. The summed E-state index contributed by atoms with van der Waals surface area (Å²) >= 11 is 1.17. The van der Waals surface area contributed by atoms with Crippen molar-refractivity contribution in [3.63, 3.8) is 0 Å². The Bertz CT molecular complexity index is 263. The van der Waals surface area contributed by atoms with E-state index in [4.69, 9.17) is 0 Å². The number of rotatable bonds is 3. The molecule has 0 amide bonds. The molecule has 0 radical (unpaired) electrons. The quantitative estimate of drug-likeness (QED) is 0.389. The fourth-order valence-corrected chi connectivity index (χ4v) is 2.01. The highest BCUT2D eigenvalue weighted by atomic mass is 32.2. The summed E-state index contributed by atoms with van der Waals surface area (Å²) in [4.78, 5) is 20.7. The third-order valence-electron chi connectivity index (χ3n) is 1.66. The predicted octanol–water partition coefficient (Wildman–Crippen LogP) is 1.03. The predicted molar refractivity (Wildman–Crippen MR) is 47.7 cm³/mol. The number of esters is 1. The summed E-state index contributed by atoms with van der Waals surface area (Å²) in [6.07, 6.45) is 1.74. The number of hydrogen-bond donors (Lipinski definition) is 0. The van der Waals surface area contributed by atoms with Crippen LogP contribution in [0.4, 0.5) is 0 Å². The zero-order chi connectivity index (χ0) is 9.84. The van der Waals surface area contributed by atoms with E-state index in [1.807, 2.05) is 0 Å². The molecule has 1 rings (SSSR count). The molecule has 1 heterocycles. The van der Waals surface area contributed by atoms with Crippen molar-refractivity contribution in [3.05, 3.63) is 21.2 Å². The van der Waals surface area contributed by atoms with Gasteiger partial charge in [0.15, 0.2) is 0 Å². The van der Waals surface area contributed by atoms with Gasteiger partial charge in [-0.05, 0) is 0 Å². The van der Waals surface area contributed by atoms with Crippen molar-refractivity contribution in [1.82, 2.24) is 0 Å². The average Bonchev–Trinajstić information content (AvgIpc) is 2.52. The van der Waals surface area contributed by atoms with E-state index in [-0.39, 0.29) is 23.3 Å². The van der Waals surface area contributed by atoms with E-state index in [0.717, 1.165) is 0 Å². The molecule has 1 unspecified atom stereocenters. The molecule has 5 nitrogen and oxygen atoms in total. The lowest BCUT2D eigenvalue weighted by Gasteiger charge is -2.01. The van der Waals surface area contributed by atoms with Gasteiger partial charge in [-0.15, -0.1) is 0 Å². The number of hydrogen-bond acceptors (Lipinski definition) is 5. The molecule has 1 aliphatic rings. The fourth-order valence-electron chi connectivity index (χ4n) is 1.02. The zero-order valence-corrected chi connectivity index (χ0v) is 7.87. The summed E-state index contributed by atoms with van der Waals surface area (Å²) in [5.41, 5.74) is 0. The minimum Gasteiger partial charge on any atom is -0.469 e. The molecule has 0 aromatic rings. The fraction of sp³-hybridized carbons (Fsp3) is 0.571. The molecule has 0 N–H and O–H groups in total. The van der Waals surface area contributed by atoms with Gasteiger partial charge < -0.3 is 4.74 Å². The van der Waals surface area contributed by atoms with Crippen molar-refractivity contribution >= 4 is 17.7 Å². The van der Waals surface area contributed by atoms with E-state index >= 15 is 0 Å². The van der Waals surface area contributed by atoms with Gasteiger partial charge in [-0.2, -0.15) is 0 Å². The van der Waals surface area contributed by atoms with Crippen LogP contribution in [0.5, 0.6) is 0 Å². The van der Waals surface area contributed by atoms with Gasteiger partial charge in [-0.25, -0.2) is 0 Å². The molecule has 0 aromatic carbocycles. The first kappa shape index (κ1) is 10.0. The summed E-state index contributed by atoms with van der Waals surface area (Å²) in [7, 11) is 1.31. The zero-order valence-electron chi connectivity index (χ0n) is 7.06. The van der Waals surface area contributed by atoms with Gasteiger partial charge in [0, 0.05) is 17.7 Å². The van der Waals surface area contributed by atoms with Gasteiger partial charge in [0.05, 0.1) is 18.5 Å². The van der Waals surface area contributed by atoms with E-state index in [0.29, 0.717) is 5.75 Å². The van der Waals surface area contributed by atoms with Crippen LogP contribution in [0.15, 0.2) is 11.1 Å². The van der Waals surface area contributed by atoms with Crippen molar-refractivity contribution < 1.29 is 14.5 Å². The molecule has 0 bridgehead atoms. The molecule has 0 fully saturated rings. The number of carbonyl (C=O) groups excluding carboxylic acids is 1. The molecule has 72 valence electrons. The van der Waals surface area contributed by atoms with E-state index in [9.17, 15) is 14.9 Å². The largest absolute Gasteiger partial charge is 0.469 e. The normalized spacial score (nSPS) is 21.0. The standard InChI is InChI=1S/C7H9NO4S/c1-12-7(9)3-5-2-6(8(10)11)13-4-5/h2,5H,3-4H2,1H3. The molecule has 0 saturated carbocycles. The van der Waals surface area contributed by atoms with Crippen LogP contribution in [0.25, 0.3) is 0 Å². The SMILES string of the molecule is COC(=O)CC1C=C([N+](=O)[O-])SC1. The number of methoxy groups -OCH3 is 1. The maximum Gasteiger partial charge on any atom is 0.306 e. The second-order valence-corrected chi connectivity index (χ2v) is 3.65. The van der Waals surface area contributed by atoms with E-state index < -0.39 is 4.92 Å². The lowest BCUT2D eigenvalue weighted by atomic mass is 10.1. The smallest absolute Gasteiger partial charge is 0.306 e. The van der Waals surface area contributed by atoms with Crippen molar-refractivity contribution in [2.75, 3.05) is 12.9 Å². The third kappa shape index (κ3) is 2.73. The summed E-state index contributed by atoms with van der Waals surface area (Å²) < 4.78 is 4.46. The second kappa shape index (κ2) is 4.27. The lowest BCUT2D eigenvalue weighted by Crippen LogP contribution is -2.07. The Hall–Kier alpha value is -1.04. The van der Waals surface area contributed by atoms with Crippen molar-refractivity contribution in [2.45, 2.75) is 6.42 Å². The van der Waals surface area contributed by atoms with Gasteiger partial charge in [-0.1, -0.05) is 11.8 Å². The first-order chi connectivity index (χ1) is 6.13. The molecule has 1 aliphatic heterocycles. The van der Waals surface area contributed by atoms with Gasteiger partial charge in [0.1, 0.15) is 0 Å². The van der Waals surface area contributed by atoms with Gasteiger partial charge >= 0.3 is 5.97 Å². The Morgan fingerprint density at radius 3 is 3.08 bits per heavy atom.